The van der Waals surface area contributed by atoms with Gasteiger partial charge in [-0.25, -0.2) is 14.8 Å². The van der Waals surface area contributed by atoms with Crippen LogP contribution in [0.2, 0.25) is 0 Å². The number of carboxylic acids is 1. The maximum Gasteiger partial charge on any atom is 0.339 e. The van der Waals surface area contributed by atoms with Gasteiger partial charge in [-0.3, -0.25) is 0 Å². The number of thioether (sulfide) groups is 1. The third-order valence-electron chi connectivity index (χ3n) is 2.71. The summed E-state index contributed by atoms with van der Waals surface area (Å²) < 4.78 is 0. The van der Waals surface area contributed by atoms with Crippen molar-refractivity contribution in [3.63, 3.8) is 0 Å². The first kappa shape index (κ1) is 12.3. The Balaban J connectivity index is 1.87. The highest BCUT2D eigenvalue weighted by Crippen LogP contribution is 2.25. The van der Waals surface area contributed by atoms with Crippen LogP contribution in [0.4, 0.5) is 0 Å². The van der Waals surface area contributed by atoms with Crippen molar-refractivity contribution in [2.24, 2.45) is 0 Å². The molecule has 0 spiro atoms. The van der Waals surface area contributed by atoms with E-state index in [0.29, 0.717) is 17.5 Å². The van der Waals surface area contributed by atoms with Gasteiger partial charge in [0.05, 0.1) is 5.69 Å². The van der Waals surface area contributed by atoms with Crippen molar-refractivity contribution < 1.29 is 9.90 Å². The van der Waals surface area contributed by atoms with Gasteiger partial charge in [-0.15, -0.1) is 0 Å². The first-order chi connectivity index (χ1) is 8.27. The quantitative estimate of drug-likeness (QED) is 0.820. The van der Waals surface area contributed by atoms with E-state index in [4.69, 9.17) is 5.11 Å². The fourth-order valence-electron chi connectivity index (χ4n) is 1.83. The minimum atomic E-state index is -0.974. The summed E-state index contributed by atoms with van der Waals surface area (Å²) >= 11 is 1.98. The molecule has 1 unspecified atom stereocenters. The van der Waals surface area contributed by atoms with Crippen molar-refractivity contribution in [3.05, 3.63) is 23.8 Å². The van der Waals surface area contributed by atoms with Crippen LogP contribution in [0, 0.1) is 0 Å². The van der Waals surface area contributed by atoms with Crippen LogP contribution in [0.5, 0.6) is 0 Å². The number of nitrogens with zero attached hydrogens (tertiary/aromatic N) is 2. The Morgan fingerprint density at radius 1 is 1.65 bits per heavy atom. The summed E-state index contributed by atoms with van der Waals surface area (Å²) in [5, 5.41) is 12.9. The Kier molecular flexibility index (Phi) is 4.33. The van der Waals surface area contributed by atoms with Crippen LogP contribution in [-0.4, -0.2) is 38.6 Å². The molecule has 0 aromatic carbocycles. The van der Waals surface area contributed by atoms with Crippen LogP contribution in [-0.2, 0) is 6.54 Å². The van der Waals surface area contributed by atoms with Crippen molar-refractivity contribution in [1.82, 2.24) is 15.3 Å². The van der Waals surface area contributed by atoms with Gasteiger partial charge in [-0.05, 0) is 18.6 Å². The van der Waals surface area contributed by atoms with Crippen molar-refractivity contribution in [3.8, 4) is 0 Å². The van der Waals surface area contributed by atoms with Gasteiger partial charge in [0.2, 0.25) is 0 Å². The molecule has 1 fully saturated rings. The van der Waals surface area contributed by atoms with Gasteiger partial charge < -0.3 is 10.4 Å². The molecule has 1 aromatic rings. The lowest BCUT2D eigenvalue weighted by atomic mass is 10.2. The van der Waals surface area contributed by atoms with Gasteiger partial charge in [0, 0.05) is 24.5 Å². The van der Waals surface area contributed by atoms with Gasteiger partial charge in [0.15, 0.2) is 0 Å². The van der Waals surface area contributed by atoms with E-state index in [2.05, 4.69) is 15.3 Å². The lowest BCUT2D eigenvalue weighted by Crippen LogP contribution is -2.24. The molecule has 92 valence electrons. The monoisotopic (exact) mass is 253 g/mol. The molecule has 1 aliphatic rings. The van der Waals surface area contributed by atoms with Crippen LogP contribution < -0.4 is 5.32 Å². The molecule has 2 N–H and O–H groups in total. The molecule has 1 aliphatic heterocycles. The normalized spacial score (nSPS) is 19.4. The van der Waals surface area contributed by atoms with E-state index in [1.807, 2.05) is 11.8 Å². The highest BCUT2D eigenvalue weighted by Gasteiger charge is 2.16. The molecular weight excluding hydrogens is 238 g/mol. The zero-order valence-electron chi connectivity index (χ0n) is 9.43. The molecule has 2 heterocycles. The largest absolute Gasteiger partial charge is 0.478 e. The predicted octanol–water partition coefficient (Wildman–Crippen LogP) is 1.16. The molecule has 5 nitrogen and oxygen atoms in total. The summed E-state index contributed by atoms with van der Waals surface area (Å²) in [5.74, 6) is 0.262. The zero-order chi connectivity index (χ0) is 12.1. The van der Waals surface area contributed by atoms with E-state index < -0.39 is 5.97 Å². The molecule has 0 aliphatic carbocycles. The summed E-state index contributed by atoms with van der Waals surface area (Å²) in [4.78, 5) is 18.7. The molecule has 1 aromatic heterocycles. The van der Waals surface area contributed by atoms with E-state index in [0.717, 1.165) is 6.54 Å². The molecule has 6 heteroatoms. The first-order valence-electron chi connectivity index (χ1n) is 5.62. The van der Waals surface area contributed by atoms with E-state index in [1.165, 1.54) is 31.1 Å². The van der Waals surface area contributed by atoms with Gasteiger partial charge >= 0.3 is 5.97 Å². The minimum absolute atomic E-state index is 0.180. The van der Waals surface area contributed by atoms with Gasteiger partial charge in [-0.2, -0.15) is 11.8 Å². The maximum atomic E-state index is 10.9. The Morgan fingerprint density at radius 2 is 2.53 bits per heavy atom. The lowest BCUT2D eigenvalue weighted by molar-refractivity contribution is 0.0694. The third kappa shape index (κ3) is 3.41. The number of hydrogen-bond acceptors (Lipinski definition) is 5. The van der Waals surface area contributed by atoms with Gasteiger partial charge in [0.25, 0.3) is 0 Å². The van der Waals surface area contributed by atoms with E-state index in [1.54, 1.807) is 0 Å². The lowest BCUT2D eigenvalue weighted by Gasteiger charge is -2.10. The molecule has 2 rings (SSSR count). The van der Waals surface area contributed by atoms with Crippen LogP contribution in [0.3, 0.4) is 0 Å². The van der Waals surface area contributed by atoms with Gasteiger partial charge in [0.1, 0.15) is 11.9 Å². The molecule has 17 heavy (non-hydrogen) atoms. The van der Waals surface area contributed by atoms with Crippen molar-refractivity contribution in [2.45, 2.75) is 24.6 Å². The van der Waals surface area contributed by atoms with Crippen molar-refractivity contribution >= 4 is 17.7 Å². The number of aromatic nitrogens is 2. The number of hydrogen-bond donors (Lipinski definition) is 2. The average Bonchev–Trinajstić information content (AvgIpc) is 2.82. The molecule has 0 radical (unpaired) electrons. The van der Waals surface area contributed by atoms with E-state index in [9.17, 15) is 4.79 Å². The maximum absolute atomic E-state index is 10.9. The summed E-state index contributed by atoms with van der Waals surface area (Å²) in [6, 6.07) is 0. The second-order valence-corrected chi connectivity index (χ2v) is 5.36. The van der Waals surface area contributed by atoms with Crippen LogP contribution in [0.15, 0.2) is 12.5 Å². The number of rotatable bonds is 5. The second-order valence-electron chi connectivity index (χ2n) is 3.95. The summed E-state index contributed by atoms with van der Waals surface area (Å²) in [7, 11) is 0. The molecule has 0 saturated carbocycles. The van der Waals surface area contributed by atoms with E-state index >= 15 is 0 Å². The number of carboxylic acid groups (broad SMARTS) is 1. The number of nitrogens with one attached hydrogen (secondary N) is 1. The van der Waals surface area contributed by atoms with Crippen molar-refractivity contribution in [2.75, 3.05) is 12.3 Å². The summed E-state index contributed by atoms with van der Waals surface area (Å²) in [6.45, 7) is 1.40. The fourth-order valence-corrected chi connectivity index (χ4v) is 3.07. The highest BCUT2D eigenvalue weighted by atomic mass is 32.2. The van der Waals surface area contributed by atoms with Crippen LogP contribution in [0.25, 0.3) is 0 Å². The number of aromatic carboxylic acids is 1. The SMILES string of the molecule is O=C(O)c1cncnc1CNCC1CCCS1. The standard InChI is InChI=1S/C11H15N3O2S/c15-11(16)9-5-13-7-14-10(9)6-12-4-8-2-1-3-17-8/h5,7-8,12H,1-4,6H2,(H,15,16). The number of carbonyl (C=O) groups is 1. The highest BCUT2D eigenvalue weighted by molar-refractivity contribution is 8.00. The van der Waals surface area contributed by atoms with E-state index in [-0.39, 0.29) is 5.56 Å². The Labute approximate surface area is 104 Å². The molecular formula is C11H15N3O2S. The average molecular weight is 253 g/mol. The minimum Gasteiger partial charge on any atom is -0.478 e. The molecule has 1 atom stereocenters. The van der Waals surface area contributed by atoms with Crippen LogP contribution in [0.1, 0.15) is 28.9 Å². The van der Waals surface area contributed by atoms with Crippen molar-refractivity contribution in [1.29, 1.82) is 0 Å². The summed E-state index contributed by atoms with van der Waals surface area (Å²) in [5.41, 5.74) is 0.731. The topological polar surface area (TPSA) is 75.1 Å². The van der Waals surface area contributed by atoms with Gasteiger partial charge in [-0.1, -0.05) is 0 Å². The molecule has 0 bridgehead atoms. The van der Waals surface area contributed by atoms with Crippen LogP contribution >= 0.6 is 11.8 Å². The zero-order valence-corrected chi connectivity index (χ0v) is 10.2. The smallest absolute Gasteiger partial charge is 0.339 e. The molecule has 1 saturated heterocycles. The second kappa shape index (κ2) is 5.97. The Hall–Kier alpha value is -1.14. The summed E-state index contributed by atoms with van der Waals surface area (Å²) in [6.07, 6.45) is 5.25. The molecule has 0 amide bonds. The first-order valence-corrected chi connectivity index (χ1v) is 6.66. The predicted molar refractivity (Wildman–Crippen MR) is 66.2 cm³/mol. The fraction of sp³-hybridized carbons (Fsp3) is 0.545. The third-order valence-corrected chi connectivity index (χ3v) is 4.11. The Morgan fingerprint density at radius 3 is 3.24 bits per heavy atom. The Bertz CT molecular complexity index is 394.